The Hall–Kier alpha value is -0.260. The first kappa shape index (κ1) is 7.39. The van der Waals surface area contributed by atoms with Gasteiger partial charge in [0, 0.05) is 0 Å². The molecule has 2 rings (SSSR count). The summed E-state index contributed by atoms with van der Waals surface area (Å²) < 4.78 is 0. The summed E-state index contributed by atoms with van der Waals surface area (Å²) >= 11 is 0. The normalized spacial score (nSPS) is 34.5. The van der Waals surface area contributed by atoms with Gasteiger partial charge in [-0.2, -0.15) is 0 Å². The maximum absolute atomic E-state index is 2.57. The summed E-state index contributed by atoms with van der Waals surface area (Å²) in [5.41, 5.74) is 1.77. The molecule has 0 nitrogen and oxygen atoms in total. The lowest BCUT2D eigenvalue weighted by Gasteiger charge is -2.16. The number of hydrogen-bond acceptors (Lipinski definition) is 0. The zero-order valence-corrected chi connectivity index (χ0v) is 7.47. The first-order chi connectivity index (χ1) is 5.40. The van der Waals surface area contributed by atoms with E-state index in [0.29, 0.717) is 0 Å². The summed E-state index contributed by atoms with van der Waals surface area (Å²) in [5, 5.41) is 0. The summed E-state index contributed by atoms with van der Waals surface area (Å²) in [6, 6.07) is 0. The van der Waals surface area contributed by atoms with E-state index >= 15 is 0 Å². The van der Waals surface area contributed by atoms with E-state index < -0.39 is 0 Å². The smallest absolute Gasteiger partial charge is 0.0199 e. The van der Waals surface area contributed by atoms with Crippen LogP contribution in [0.5, 0.6) is 0 Å². The van der Waals surface area contributed by atoms with Crippen LogP contribution in [0.1, 0.15) is 45.4 Å². The van der Waals surface area contributed by atoms with Gasteiger partial charge >= 0.3 is 0 Å². The highest BCUT2D eigenvalue weighted by Gasteiger charge is 2.31. The van der Waals surface area contributed by atoms with Crippen LogP contribution in [0.2, 0.25) is 0 Å². The number of allylic oxidation sites excluding steroid dienone is 2. The molecule has 0 saturated heterocycles. The fraction of sp³-hybridized carbons (Fsp3) is 0.818. The lowest BCUT2D eigenvalue weighted by atomic mass is 9.88. The van der Waals surface area contributed by atoms with Crippen LogP contribution >= 0.6 is 0 Å². The van der Waals surface area contributed by atoms with Crippen LogP contribution in [0.3, 0.4) is 0 Å². The average Bonchev–Trinajstić information content (AvgIpc) is 2.60. The monoisotopic (exact) mass is 150 g/mol. The predicted octanol–water partition coefficient (Wildman–Crippen LogP) is 3.53. The van der Waals surface area contributed by atoms with Crippen LogP contribution in [0, 0.1) is 11.8 Å². The molecule has 0 amide bonds. The zero-order valence-electron chi connectivity index (χ0n) is 7.47. The summed E-state index contributed by atoms with van der Waals surface area (Å²) in [7, 11) is 0. The minimum Gasteiger partial charge on any atom is -0.0819 e. The second-order valence-electron chi connectivity index (χ2n) is 4.13. The van der Waals surface area contributed by atoms with Crippen LogP contribution in [-0.2, 0) is 0 Å². The second kappa shape index (κ2) is 3.00. The molecular weight excluding hydrogens is 132 g/mol. The van der Waals surface area contributed by atoms with Crippen molar-refractivity contribution in [2.45, 2.75) is 45.4 Å². The molecule has 2 atom stereocenters. The quantitative estimate of drug-likeness (QED) is 0.540. The Bertz CT molecular complexity index is 167. The van der Waals surface area contributed by atoms with Gasteiger partial charge < -0.3 is 0 Å². The van der Waals surface area contributed by atoms with Crippen molar-refractivity contribution in [3.63, 3.8) is 0 Å². The van der Waals surface area contributed by atoms with Gasteiger partial charge in [-0.1, -0.05) is 31.4 Å². The fourth-order valence-corrected chi connectivity index (χ4v) is 2.63. The topological polar surface area (TPSA) is 0 Å². The minimum absolute atomic E-state index is 0.985. The molecule has 0 aromatic heterocycles. The Kier molecular flexibility index (Phi) is 2.02. The third kappa shape index (κ3) is 1.36. The summed E-state index contributed by atoms with van der Waals surface area (Å²) in [5.74, 6) is 2.05. The largest absolute Gasteiger partial charge is 0.0819 e. The van der Waals surface area contributed by atoms with E-state index in [1.54, 1.807) is 5.57 Å². The lowest BCUT2D eigenvalue weighted by molar-refractivity contribution is 0.388. The Balaban J connectivity index is 1.87. The molecule has 62 valence electrons. The Morgan fingerprint density at radius 1 is 1.55 bits per heavy atom. The third-order valence-electron chi connectivity index (χ3n) is 3.31. The summed E-state index contributed by atoms with van der Waals surface area (Å²) in [6.45, 7) is 2.29. The van der Waals surface area contributed by atoms with E-state index in [4.69, 9.17) is 0 Å². The van der Waals surface area contributed by atoms with Crippen LogP contribution in [0.15, 0.2) is 11.6 Å². The number of unbranched alkanes of at least 4 members (excludes halogenated alkanes) is 1. The Labute approximate surface area is 69.7 Å². The lowest BCUT2D eigenvalue weighted by Crippen LogP contribution is -2.06. The van der Waals surface area contributed by atoms with Gasteiger partial charge in [-0.3, -0.25) is 0 Å². The van der Waals surface area contributed by atoms with Gasteiger partial charge in [0.25, 0.3) is 0 Å². The second-order valence-corrected chi connectivity index (χ2v) is 4.13. The van der Waals surface area contributed by atoms with Gasteiger partial charge in [0.2, 0.25) is 0 Å². The molecule has 0 aromatic rings. The van der Waals surface area contributed by atoms with Crippen molar-refractivity contribution in [1.29, 1.82) is 0 Å². The highest BCUT2D eigenvalue weighted by Crippen LogP contribution is 2.45. The van der Waals surface area contributed by atoms with Crippen molar-refractivity contribution in [3.05, 3.63) is 11.6 Å². The van der Waals surface area contributed by atoms with Crippen LogP contribution in [-0.4, -0.2) is 0 Å². The van der Waals surface area contributed by atoms with E-state index in [1.165, 1.54) is 38.5 Å². The van der Waals surface area contributed by atoms with Crippen molar-refractivity contribution >= 4 is 0 Å². The molecule has 0 aliphatic heterocycles. The molecule has 2 aliphatic carbocycles. The molecule has 1 saturated carbocycles. The van der Waals surface area contributed by atoms with Gasteiger partial charge in [-0.15, -0.1) is 0 Å². The summed E-state index contributed by atoms with van der Waals surface area (Å²) in [6.07, 6.45) is 11.2. The van der Waals surface area contributed by atoms with Crippen molar-refractivity contribution < 1.29 is 0 Å². The van der Waals surface area contributed by atoms with Crippen LogP contribution in [0.4, 0.5) is 0 Å². The Morgan fingerprint density at radius 3 is 3.00 bits per heavy atom. The van der Waals surface area contributed by atoms with Crippen molar-refractivity contribution in [1.82, 2.24) is 0 Å². The van der Waals surface area contributed by atoms with Gasteiger partial charge in [-0.25, -0.2) is 0 Å². The van der Waals surface area contributed by atoms with Crippen LogP contribution < -0.4 is 0 Å². The van der Waals surface area contributed by atoms with Crippen molar-refractivity contribution in [3.8, 4) is 0 Å². The first-order valence-electron chi connectivity index (χ1n) is 5.09. The van der Waals surface area contributed by atoms with Gasteiger partial charge in [0.1, 0.15) is 0 Å². The summed E-state index contributed by atoms with van der Waals surface area (Å²) in [4.78, 5) is 0. The maximum atomic E-state index is 2.57. The fourth-order valence-electron chi connectivity index (χ4n) is 2.63. The molecule has 2 bridgehead atoms. The standard InChI is InChI=1S/C11H18/c1-2-3-4-10-7-9-5-6-11(10)8-9/h7,10-11H,2-6,8H2,1H3. The average molecular weight is 150 g/mol. The molecule has 2 aliphatic rings. The highest BCUT2D eigenvalue weighted by molar-refractivity contribution is 5.19. The van der Waals surface area contributed by atoms with E-state index in [-0.39, 0.29) is 0 Å². The highest BCUT2D eigenvalue weighted by atomic mass is 14.4. The Morgan fingerprint density at radius 2 is 2.45 bits per heavy atom. The molecule has 1 fully saturated rings. The molecule has 0 spiro atoms. The van der Waals surface area contributed by atoms with E-state index in [2.05, 4.69) is 13.0 Å². The zero-order chi connectivity index (χ0) is 7.68. The predicted molar refractivity (Wildman–Crippen MR) is 48.4 cm³/mol. The van der Waals surface area contributed by atoms with Gasteiger partial charge in [-0.05, 0) is 37.5 Å². The maximum Gasteiger partial charge on any atom is -0.0199 e. The molecular formula is C11H18. The molecule has 2 unspecified atom stereocenters. The van der Waals surface area contributed by atoms with E-state index in [0.717, 1.165) is 11.8 Å². The molecule has 0 aromatic carbocycles. The molecule has 0 radical (unpaired) electrons. The molecule has 11 heavy (non-hydrogen) atoms. The minimum atomic E-state index is 0.985. The van der Waals surface area contributed by atoms with Crippen molar-refractivity contribution in [2.75, 3.05) is 0 Å². The molecule has 0 N–H and O–H groups in total. The molecule has 0 heteroatoms. The third-order valence-corrected chi connectivity index (χ3v) is 3.31. The first-order valence-corrected chi connectivity index (χ1v) is 5.09. The van der Waals surface area contributed by atoms with E-state index in [1.807, 2.05) is 0 Å². The molecule has 0 heterocycles. The van der Waals surface area contributed by atoms with E-state index in [9.17, 15) is 0 Å². The SMILES string of the molecule is CCCCC1C=C2CCC1C2. The number of hydrogen-bond donors (Lipinski definition) is 0. The van der Waals surface area contributed by atoms with Gasteiger partial charge in [0.05, 0.1) is 0 Å². The number of rotatable bonds is 3. The van der Waals surface area contributed by atoms with Crippen LogP contribution in [0.25, 0.3) is 0 Å². The number of fused-ring (bicyclic) bond motifs is 2. The van der Waals surface area contributed by atoms with Gasteiger partial charge in [0.15, 0.2) is 0 Å². The van der Waals surface area contributed by atoms with Crippen molar-refractivity contribution in [2.24, 2.45) is 11.8 Å².